The van der Waals surface area contributed by atoms with Gasteiger partial charge in [-0.05, 0) is 108 Å². The Labute approximate surface area is 341 Å². The van der Waals surface area contributed by atoms with Crippen molar-refractivity contribution in [3.8, 4) is 22.3 Å². The summed E-state index contributed by atoms with van der Waals surface area (Å²) < 4.78 is 0. The van der Waals surface area contributed by atoms with E-state index in [0.717, 1.165) is 11.4 Å². The van der Waals surface area contributed by atoms with Crippen LogP contribution >= 0.6 is 0 Å². The fourth-order valence-corrected chi connectivity index (χ4v) is 15.6. The summed E-state index contributed by atoms with van der Waals surface area (Å²) >= 11 is 0. The van der Waals surface area contributed by atoms with E-state index in [9.17, 15) is 0 Å². The molecule has 0 radical (unpaired) electrons. The van der Waals surface area contributed by atoms with Gasteiger partial charge in [0.25, 0.3) is 6.71 Å². The maximum atomic E-state index is 2.62. The number of para-hydroxylation sites is 3. The number of rotatable bonds is 5. The van der Waals surface area contributed by atoms with Crippen LogP contribution < -0.4 is 46.9 Å². The molecule has 0 saturated carbocycles. The van der Waals surface area contributed by atoms with Crippen LogP contribution in [0.15, 0.2) is 224 Å². The third-order valence-corrected chi connectivity index (χ3v) is 17.6. The normalized spacial score (nSPS) is 13.9. The molecule has 0 aliphatic carbocycles. The molecule has 3 aliphatic heterocycles. The quantitative estimate of drug-likeness (QED) is 0.162. The SMILES string of the molecule is c1ccc(-c2cc3c4c(c2)N(c2ccccc2)c2cc5c(cc2B4c2ccccc2N3c2ccccc2)-c2ccccc2[Si]5(c2ccccc2)c2ccccc2)cc1. The predicted molar refractivity (Wildman–Crippen MR) is 249 cm³/mol. The highest BCUT2D eigenvalue weighted by Gasteiger charge is 2.51. The molecule has 4 heteroatoms. The third kappa shape index (κ3) is 4.67. The Balaban J connectivity index is 1.23. The predicted octanol–water partition coefficient (Wildman–Crippen LogP) is 8.79. The summed E-state index contributed by atoms with van der Waals surface area (Å²) in [5, 5.41) is 5.72. The van der Waals surface area contributed by atoms with E-state index >= 15 is 0 Å². The van der Waals surface area contributed by atoms with Crippen molar-refractivity contribution in [3.05, 3.63) is 224 Å². The molecular formula is C54H37BN2Si. The van der Waals surface area contributed by atoms with Gasteiger partial charge in [0.1, 0.15) is 0 Å². The molecule has 0 N–H and O–H groups in total. The lowest BCUT2D eigenvalue weighted by atomic mass is 9.33. The smallest absolute Gasteiger partial charge is 0.252 e. The van der Waals surface area contributed by atoms with Crippen LogP contribution in [0.2, 0.25) is 0 Å². The lowest BCUT2D eigenvalue weighted by molar-refractivity contribution is 1.25. The summed E-state index contributed by atoms with van der Waals surface area (Å²) in [5.41, 5.74) is 16.3. The second-order valence-electron chi connectivity index (χ2n) is 15.6. The van der Waals surface area contributed by atoms with Gasteiger partial charge in [0.15, 0.2) is 8.07 Å². The molecule has 0 spiro atoms. The van der Waals surface area contributed by atoms with Crippen LogP contribution in [0.25, 0.3) is 22.3 Å². The van der Waals surface area contributed by atoms with Crippen molar-refractivity contribution >= 4 is 86.0 Å². The standard InChI is InChI=1S/C54H37BN2Si/c1-6-20-38(21-7-1)39-34-50-54-51(35-39)57(41-24-10-3-11-25-41)49-37-53-45(36-47(49)55(54)46-31-17-18-32-48(46)56(50)40-22-8-2-9-23-40)44-30-16-19-33-52(44)58(53,42-26-12-4-13-27-42)43-28-14-5-15-29-43/h1-37H. The summed E-state index contributed by atoms with van der Waals surface area (Å²) in [4.78, 5) is 5.07. The van der Waals surface area contributed by atoms with Gasteiger partial charge in [-0.2, -0.15) is 0 Å². The molecule has 9 aromatic rings. The largest absolute Gasteiger partial charge is 0.311 e. The van der Waals surface area contributed by atoms with Crippen LogP contribution in [0.4, 0.5) is 34.1 Å². The minimum absolute atomic E-state index is 0.0172. The lowest BCUT2D eigenvalue weighted by Gasteiger charge is -2.45. The molecular weight excluding hydrogens is 716 g/mol. The maximum absolute atomic E-state index is 2.76. The average molecular weight is 753 g/mol. The topological polar surface area (TPSA) is 6.48 Å². The molecule has 0 fully saturated rings. The molecule has 58 heavy (non-hydrogen) atoms. The Morgan fingerprint density at radius 1 is 0.328 bits per heavy atom. The van der Waals surface area contributed by atoms with Crippen LogP contribution in [0.3, 0.4) is 0 Å². The van der Waals surface area contributed by atoms with Gasteiger partial charge < -0.3 is 9.80 Å². The highest BCUT2D eigenvalue weighted by Crippen LogP contribution is 2.46. The average Bonchev–Trinajstić information content (AvgIpc) is 3.59. The van der Waals surface area contributed by atoms with E-state index in [4.69, 9.17) is 0 Å². The van der Waals surface area contributed by atoms with E-state index in [1.54, 1.807) is 0 Å². The molecule has 9 aromatic carbocycles. The molecule has 270 valence electrons. The van der Waals surface area contributed by atoms with E-state index in [1.807, 2.05) is 0 Å². The van der Waals surface area contributed by atoms with E-state index in [2.05, 4.69) is 234 Å². The lowest BCUT2D eigenvalue weighted by Crippen LogP contribution is -2.73. The Kier molecular flexibility index (Phi) is 7.38. The van der Waals surface area contributed by atoms with E-state index in [0.29, 0.717) is 0 Å². The second-order valence-corrected chi connectivity index (χ2v) is 19.3. The minimum Gasteiger partial charge on any atom is -0.311 e. The van der Waals surface area contributed by atoms with Crippen molar-refractivity contribution < 1.29 is 0 Å². The fraction of sp³-hybridized carbons (Fsp3) is 0. The summed E-state index contributed by atoms with van der Waals surface area (Å²) in [6.07, 6.45) is 0. The van der Waals surface area contributed by atoms with Crippen LogP contribution in [-0.4, -0.2) is 14.8 Å². The number of benzene rings is 9. The Morgan fingerprint density at radius 2 is 0.828 bits per heavy atom. The molecule has 3 aliphatic rings. The molecule has 12 rings (SSSR count). The van der Waals surface area contributed by atoms with Gasteiger partial charge in [-0.3, -0.25) is 0 Å². The zero-order valence-corrected chi connectivity index (χ0v) is 32.8. The van der Waals surface area contributed by atoms with Crippen molar-refractivity contribution in [2.24, 2.45) is 0 Å². The minimum atomic E-state index is -2.76. The first-order valence-electron chi connectivity index (χ1n) is 20.2. The van der Waals surface area contributed by atoms with Crippen LogP contribution in [0, 0.1) is 0 Å². The Morgan fingerprint density at radius 3 is 1.45 bits per heavy atom. The summed E-state index contributed by atoms with van der Waals surface area (Å²) in [6, 6.07) is 84.0. The van der Waals surface area contributed by atoms with Gasteiger partial charge in [0.05, 0.1) is 0 Å². The number of anilines is 6. The monoisotopic (exact) mass is 752 g/mol. The molecule has 0 aromatic heterocycles. The summed E-state index contributed by atoms with van der Waals surface area (Å²) in [6.45, 7) is 0.0172. The summed E-state index contributed by atoms with van der Waals surface area (Å²) in [5.74, 6) is 0. The van der Waals surface area contributed by atoms with Gasteiger partial charge in [0, 0.05) is 34.1 Å². The number of hydrogen-bond acceptors (Lipinski definition) is 2. The first kappa shape index (κ1) is 33.0. The zero-order chi connectivity index (χ0) is 38.2. The van der Waals surface area contributed by atoms with Crippen molar-refractivity contribution in [1.82, 2.24) is 0 Å². The molecule has 0 unspecified atom stereocenters. The molecule has 2 nitrogen and oxygen atoms in total. The van der Waals surface area contributed by atoms with Gasteiger partial charge in [0.2, 0.25) is 0 Å². The van der Waals surface area contributed by atoms with Crippen LogP contribution in [0.1, 0.15) is 0 Å². The first-order chi connectivity index (χ1) is 28.8. The van der Waals surface area contributed by atoms with Gasteiger partial charge in [-0.15, -0.1) is 0 Å². The van der Waals surface area contributed by atoms with Gasteiger partial charge in [-0.1, -0.05) is 176 Å². The van der Waals surface area contributed by atoms with Crippen LogP contribution in [0.5, 0.6) is 0 Å². The molecule has 0 atom stereocenters. The van der Waals surface area contributed by atoms with Gasteiger partial charge in [-0.25, -0.2) is 0 Å². The van der Waals surface area contributed by atoms with Crippen molar-refractivity contribution in [1.29, 1.82) is 0 Å². The molecule has 3 heterocycles. The Hall–Kier alpha value is -7.14. The van der Waals surface area contributed by atoms with Gasteiger partial charge >= 0.3 is 0 Å². The van der Waals surface area contributed by atoms with Crippen molar-refractivity contribution in [2.75, 3.05) is 9.80 Å². The summed E-state index contributed by atoms with van der Waals surface area (Å²) in [7, 11) is -2.76. The Bertz CT molecular complexity index is 2970. The number of nitrogens with zero attached hydrogens (tertiary/aromatic N) is 2. The maximum Gasteiger partial charge on any atom is 0.252 e. The van der Waals surface area contributed by atoms with E-state index in [-0.39, 0.29) is 6.71 Å². The molecule has 0 saturated heterocycles. The fourth-order valence-electron chi connectivity index (χ4n) is 10.4. The van der Waals surface area contributed by atoms with Crippen LogP contribution in [-0.2, 0) is 0 Å². The highest BCUT2D eigenvalue weighted by molar-refractivity contribution is 7.22. The zero-order valence-electron chi connectivity index (χ0n) is 31.8. The third-order valence-electron chi connectivity index (χ3n) is 12.7. The van der Waals surface area contributed by atoms with Crippen molar-refractivity contribution in [2.45, 2.75) is 0 Å². The second kappa shape index (κ2) is 13.0. The van der Waals surface area contributed by atoms with E-state index < -0.39 is 8.07 Å². The molecule has 0 bridgehead atoms. The number of hydrogen-bond donors (Lipinski definition) is 0. The highest BCUT2D eigenvalue weighted by atomic mass is 28.3. The first-order valence-corrected chi connectivity index (χ1v) is 22.2. The van der Waals surface area contributed by atoms with Crippen molar-refractivity contribution in [3.63, 3.8) is 0 Å². The van der Waals surface area contributed by atoms with E-state index in [1.165, 1.54) is 82.1 Å². The number of fused-ring (bicyclic) bond motifs is 7. The molecule has 0 amide bonds.